The van der Waals surface area contributed by atoms with Crippen LogP contribution in [-0.4, -0.2) is 36.8 Å². The number of nitrogens with one attached hydrogen (secondary N) is 1. The average molecular weight is 442 g/mol. The highest BCUT2D eigenvalue weighted by atomic mass is 32.2. The summed E-state index contributed by atoms with van der Waals surface area (Å²) in [5, 5.41) is 8.16. The first-order valence-electron chi connectivity index (χ1n) is 8.25. The maximum absolute atomic E-state index is 13.6. The molecule has 0 saturated carbocycles. The fourth-order valence-electron chi connectivity index (χ4n) is 2.57. The summed E-state index contributed by atoms with van der Waals surface area (Å²) in [7, 11) is -3.97. The van der Waals surface area contributed by atoms with Gasteiger partial charge in [-0.15, -0.1) is 11.3 Å². The van der Waals surface area contributed by atoms with E-state index in [1.54, 1.807) is 0 Å². The smallest absolute Gasteiger partial charge is 0.246 e. The molecule has 2 heterocycles. The van der Waals surface area contributed by atoms with Gasteiger partial charge in [-0.05, 0) is 30.5 Å². The third kappa shape index (κ3) is 4.77. The third-order valence-corrected chi connectivity index (χ3v) is 5.98. The van der Waals surface area contributed by atoms with Gasteiger partial charge in [0.2, 0.25) is 27.6 Å². The Labute approximate surface area is 169 Å². The van der Waals surface area contributed by atoms with Crippen LogP contribution in [0.2, 0.25) is 0 Å². The number of thiophene rings is 1. The van der Waals surface area contributed by atoms with Crippen molar-refractivity contribution in [1.29, 1.82) is 0 Å². The van der Waals surface area contributed by atoms with Gasteiger partial charge in [-0.2, -0.15) is 4.98 Å². The zero-order chi connectivity index (χ0) is 21.2. The minimum absolute atomic E-state index is 0.128. The molecule has 1 aromatic carbocycles. The van der Waals surface area contributed by atoms with E-state index in [9.17, 15) is 22.0 Å². The van der Waals surface area contributed by atoms with Crippen molar-refractivity contribution in [3.8, 4) is 10.7 Å². The quantitative estimate of drug-likeness (QED) is 0.603. The Morgan fingerprint density at radius 3 is 2.69 bits per heavy atom. The van der Waals surface area contributed by atoms with Crippen molar-refractivity contribution in [1.82, 2.24) is 15.5 Å². The first-order chi connectivity index (χ1) is 13.7. The van der Waals surface area contributed by atoms with Gasteiger partial charge in [0.15, 0.2) is 11.6 Å². The van der Waals surface area contributed by atoms with Gasteiger partial charge in [0.25, 0.3) is 0 Å². The summed E-state index contributed by atoms with van der Waals surface area (Å²) in [4.78, 5) is 17.4. The van der Waals surface area contributed by atoms with Crippen molar-refractivity contribution in [3.05, 3.63) is 53.2 Å². The molecular weight excluding hydrogens is 426 g/mol. The van der Waals surface area contributed by atoms with Gasteiger partial charge >= 0.3 is 0 Å². The molecule has 12 heteroatoms. The molecule has 1 N–H and O–H groups in total. The Balaban J connectivity index is 1.73. The summed E-state index contributed by atoms with van der Waals surface area (Å²) >= 11 is 1.42. The fourth-order valence-corrected chi connectivity index (χ4v) is 4.39. The molecule has 3 aromatic rings. The van der Waals surface area contributed by atoms with E-state index < -0.39 is 33.6 Å². The van der Waals surface area contributed by atoms with Crippen molar-refractivity contribution < 1.29 is 26.5 Å². The number of sulfonamides is 1. The van der Waals surface area contributed by atoms with Crippen LogP contribution in [0.4, 0.5) is 14.5 Å². The molecule has 0 aliphatic heterocycles. The Morgan fingerprint density at radius 2 is 2.07 bits per heavy atom. The van der Waals surface area contributed by atoms with E-state index in [4.69, 9.17) is 4.52 Å². The average Bonchev–Trinajstić information content (AvgIpc) is 3.32. The number of carbonyl (C=O) groups excluding carboxylic acids is 1. The molecule has 2 aromatic heterocycles. The van der Waals surface area contributed by atoms with Crippen LogP contribution in [0.15, 0.2) is 40.2 Å². The molecule has 1 atom stereocenters. The summed E-state index contributed by atoms with van der Waals surface area (Å²) < 4.78 is 56.9. The summed E-state index contributed by atoms with van der Waals surface area (Å²) in [5.41, 5.74) is -0.174. The first kappa shape index (κ1) is 20.9. The highest BCUT2D eigenvalue weighted by Gasteiger charge is 2.30. The topological polar surface area (TPSA) is 105 Å². The van der Waals surface area contributed by atoms with Crippen LogP contribution in [0.3, 0.4) is 0 Å². The molecule has 0 aliphatic carbocycles. The van der Waals surface area contributed by atoms with E-state index in [1.807, 2.05) is 17.5 Å². The van der Waals surface area contributed by atoms with Crippen LogP contribution in [0, 0.1) is 11.6 Å². The molecule has 154 valence electrons. The van der Waals surface area contributed by atoms with E-state index in [0.29, 0.717) is 16.2 Å². The summed E-state index contributed by atoms with van der Waals surface area (Å²) in [5.74, 6) is -2.53. The van der Waals surface area contributed by atoms with Gasteiger partial charge in [0.1, 0.15) is 6.04 Å². The predicted molar refractivity (Wildman–Crippen MR) is 103 cm³/mol. The second kappa shape index (κ2) is 8.25. The standard InChI is InChI=1S/C17H16F2N4O4S2/c1-10(23(29(2,25)26)11-5-6-12(18)13(19)8-11)17(24)20-9-15-21-16(22-27-15)14-4-3-7-28-14/h3-8,10H,9H2,1-2H3,(H,20,24). The SMILES string of the molecule is CC(C(=O)NCc1nc(-c2cccs2)no1)N(c1ccc(F)c(F)c1)S(C)(=O)=O. The number of carbonyl (C=O) groups is 1. The van der Waals surface area contributed by atoms with E-state index in [1.165, 1.54) is 18.3 Å². The lowest BCUT2D eigenvalue weighted by atomic mass is 10.2. The van der Waals surface area contributed by atoms with Gasteiger partial charge < -0.3 is 9.84 Å². The lowest BCUT2D eigenvalue weighted by Gasteiger charge is -2.28. The summed E-state index contributed by atoms with van der Waals surface area (Å²) in [6.07, 6.45) is 0.864. The fraction of sp³-hybridized carbons (Fsp3) is 0.235. The largest absolute Gasteiger partial charge is 0.345 e. The van der Waals surface area contributed by atoms with Crippen molar-refractivity contribution >= 4 is 33.0 Å². The third-order valence-electron chi connectivity index (χ3n) is 3.87. The number of hydrogen-bond donors (Lipinski definition) is 1. The van der Waals surface area contributed by atoms with Crippen molar-refractivity contribution in [3.63, 3.8) is 0 Å². The number of anilines is 1. The molecule has 0 radical (unpaired) electrons. The number of nitrogens with zero attached hydrogens (tertiary/aromatic N) is 3. The molecule has 1 amide bonds. The molecule has 8 nitrogen and oxygen atoms in total. The lowest BCUT2D eigenvalue weighted by Crippen LogP contribution is -2.47. The van der Waals surface area contributed by atoms with Crippen molar-refractivity contribution in [2.24, 2.45) is 0 Å². The van der Waals surface area contributed by atoms with E-state index in [-0.39, 0.29) is 18.1 Å². The zero-order valence-corrected chi connectivity index (χ0v) is 16.9. The Hall–Kier alpha value is -2.86. The van der Waals surface area contributed by atoms with Crippen molar-refractivity contribution in [2.75, 3.05) is 10.6 Å². The number of benzene rings is 1. The summed E-state index contributed by atoms with van der Waals surface area (Å²) in [6.45, 7) is 1.19. The first-order valence-corrected chi connectivity index (χ1v) is 11.0. The van der Waals surface area contributed by atoms with Gasteiger partial charge in [-0.25, -0.2) is 17.2 Å². The van der Waals surface area contributed by atoms with Crippen LogP contribution in [0.5, 0.6) is 0 Å². The van der Waals surface area contributed by atoms with E-state index in [2.05, 4.69) is 15.5 Å². The van der Waals surface area contributed by atoms with Crippen LogP contribution < -0.4 is 9.62 Å². The number of halogens is 2. The number of amides is 1. The Kier molecular flexibility index (Phi) is 5.94. The normalized spacial score (nSPS) is 12.6. The van der Waals surface area contributed by atoms with E-state index in [0.717, 1.165) is 23.3 Å². The highest BCUT2D eigenvalue weighted by Crippen LogP contribution is 2.24. The number of rotatable bonds is 7. The maximum Gasteiger partial charge on any atom is 0.246 e. The van der Waals surface area contributed by atoms with Crippen LogP contribution in [-0.2, 0) is 21.4 Å². The minimum Gasteiger partial charge on any atom is -0.345 e. The number of hydrogen-bond acceptors (Lipinski definition) is 7. The predicted octanol–water partition coefficient (Wildman–Crippen LogP) is 2.55. The van der Waals surface area contributed by atoms with Gasteiger partial charge in [0.05, 0.1) is 23.4 Å². The molecular formula is C17H16F2N4O4S2. The lowest BCUT2D eigenvalue weighted by molar-refractivity contribution is -0.122. The number of aromatic nitrogens is 2. The molecule has 0 aliphatic rings. The molecule has 0 fully saturated rings. The van der Waals surface area contributed by atoms with Crippen LogP contribution in [0.25, 0.3) is 10.7 Å². The zero-order valence-electron chi connectivity index (χ0n) is 15.3. The van der Waals surface area contributed by atoms with Gasteiger partial charge in [-0.1, -0.05) is 11.2 Å². The highest BCUT2D eigenvalue weighted by molar-refractivity contribution is 7.92. The maximum atomic E-state index is 13.6. The summed E-state index contributed by atoms with van der Waals surface area (Å²) in [6, 6.07) is 4.98. The monoisotopic (exact) mass is 442 g/mol. The van der Waals surface area contributed by atoms with E-state index >= 15 is 0 Å². The Morgan fingerprint density at radius 1 is 1.31 bits per heavy atom. The van der Waals surface area contributed by atoms with Crippen LogP contribution in [0.1, 0.15) is 12.8 Å². The van der Waals surface area contributed by atoms with Gasteiger partial charge in [0, 0.05) is 6.07 Å². The second-order valence-electron chi connectivity index (χ2n) is 6.04. The molecule has 29 heavy (non-hydrogen) atoms. The molecule has 0 spiro atoms. The van der Waals surface area contributed by atoms with Gasteiger partial charge in [-0.3, -0.25) is 9.10 Å². The molecule has 0 bridgehead atoms. The Bertz CT molecular complexity index is 1120. The molecule has 0 saturated heterocycles. The van der Waals surface area contributed by atoms with Crippen molar-refractivity contribution in [2.45, 2.75) is 19.5 Å². The van der Waals surface area contributed by atoms with Crippen LogP contribution >= 0.6 is 11.3 Å². The molecule has 1 unspecified atom stereocenters. The minimum atomic E-state index is -3.97. The molecule has 3 rings (SSSR count). The second-order valence-corrected chi connectivity index (χ2v) is 8.85.